The molecule has 0 N–H and O–H groups in total. The predicted octanol–water partition coefficient (Wildman–Crippen LogP) is 4.65. The lowest BCUT2D eigenvalue weighted by molar-refractivity contribution is -0.118. The molecule has 0 fully saturated rings. The monoisotopic (exact) mass is 450 g/mol. The molecule has 0 unspecified atom stereocenters. The van der Waals surface area contributed by atoms with Crippen LogP contribution in [0.1, 0.15) is 58.2 Å². The van der Waals surface area contributed by atoms with E-state index in [1.54, 1.807) is 0 Å². The van der Waals surface area contributed by atoms with Gasteiger partial charge >= 0.3 is 0 Å². The average molecular weight is 451 g/mol. The smallest absolute Gasteiger partial charge is 0.227 e. The highest BCUT2D eigenvalue weighted by Gasteiger charge is 2.17. The van der Waals surface area contributed by atoms with Crippen LogP contribution in [0, 0.1) is 0 Å². The van der Waals surface area contributed by atoms with Crippen LogP contribution in [0.25, 0.3) is 0 Å². The lowest BCUT2D eigenvalue weighted by Crippen LogP contribution is -2.38. The van der Waals surface area contributed by atoms with Crippen molar-refractivity contribution in [1.29, 1.82) is 0 Å². The standard InChI is InChI=1S/C21H31BrN4O2/c1-5-25(6-2)13-14-26(18-10-7-9-17(22)15-18)20(27)12-8-11-19-23-21(16(3)4)24-28-19/h7,9-10,15-16H,5-6,8,11-14H2,1-4H3. The summed E-state index contributed by atoms with van der Waals surface area (Å²) in [6.45, 7) is 11.8. The van der Waals surface area contributed by atoms with Crippen LogP contribution in [0.5, 0.6) is 0 Å². The first-order valence-electron chi connectivity index (χ1n) is 10.0. The largest absolute Gasteiger partial charge is 0.339 e. The maximum absolute atomic E-state index is 13.0. The molecule has 7 heteroatoms. The summed E-state index contributed by atoms with van der Waals surface area (Å²) in [6, 6.07) is 7.91. The molecule has 1 heterocycles. The molecule has 0 aliphatic rings. The van der Waals surface area contributed by atoms with Gasteiger partial charge in [0, 0.05) is 42.0 Å². The van der Waals surface area contributed by atoms with Gasteiger partial charge in [-0.2, -0.15) is 4.98 Å². The molecule has 0 atom stereocenters. The number of aromatic nitrogens is 2. The Morgan fingerprint density at radius 1 is 1.21 bits per heavy atom. The van der Waals surface area contributed by atoms with E-state index in [1.165, 1.54) is 0 Å². The van der Waals surface area contributed by atoms with Gasteiger partial charge in [0.25, 0.3) is 0 Å². The number of anilines is 1. The molecule has 0 radical (unpaired) electrons. The molecule has 0 spiro atoms. The summed E-state index contributed by atoms with van der Waals surface area (Å²) in [5.74, 6) is 1.69. The summed E-state index contributed by atoms with van der Waals surface area (Å²) in [6.07, 6.45) is 1.76. The van der Waals surface area contributed by atoms with Crippen LogP contribution in [0.2, 0.25) is 0 Å². The van der Waals surface area contributed by atoms with E-state index in [2.05, 4.69) is 44.8 Å². The van der Waals surface area contributed by atoms with Crippen molar-refractivity contribution in [1.82, 2.24) is 15.0 Å². The molecule has 0 aliphatic heterocycles. The second kappa shape index (κ2) is 11.3. The van der Waals surface area contributed by atoms with Crippen LogP contribution in [0.4, 0.5) is 5.69 Å². The molecule has 2 aromatic rings. The fraction of sp³-hybridized carbons (Fsp3) is 0.571. The van der Waals surface area contributed by atoms with E-state index in [0.29, 0.717) is 31.7 Å². The number of rotatable bonds is 11. The molecule has 1 aromatic heterocycles. The molecule has 2 rings (SSSR count). The van der Waals surface area contributed by atoms with Gasteiger partial charge in [0.1, 0.15) is 0 Å². The zero-order valence-corrected chi connectivity index (χ0v) is 18.9. The summed E-state index contributed by atoms with van der Waals surface area (Å²) < 4.78 is 6.25. The van der Waals surface area contributed by atoms with Gasteiger partial charge in [-0.3, -0.25) is 4.79 Å². The number of amides is 1. The molecule has 1 amide bonds. The molecule has 0 saturated heterocycles. The quantitative estimate of drug-likeness (QED) is 0.498. The molecule has 28 heavy (non-hydrogen) atoms. The third kappa shape index (κ3) is 6.71. The van der Waals surface area contributed by atoms with E-state index in [-0.39, 0.29) is 11.8 Å². The van der Waals surface area contributed by atoms with Crippen molar-refractivity contribution in [3.05, 3.63) is 40.5 Å². The van der Waals surface area contributed by atoms with Crippen molar-refractivity contribution in [3.8, 4) is 0 Å². The van der Waals surface area contributed by atoms with Crippen LogP contribution in [-0.4, -0.2) is 47.1 Å². The number of halogens is 1. The highest BCUT2D eigenvalue weighted by Crippen LogP contribution is 2.21. The number of carbonyl (C=O) groups is 1. The summed E-state index contributed by atoms with van der Waals surface area (Å²) in [5, 5.41) is 3.98. The zero-order valence-electron chi connectivity index (χ0n) is 17.3. The number of carbonyl (C=O) groups excluding carboxylic acids is 1. The first-order valence-corrected chi connectivity index (χ1v) is 10.8. The molecule has 0 saturated carbocycles. The molecule has 0 bridgehead atoms. The van der Waals surface area contributed by atoms with E-state index in [9.17, 15) is 4.79 Å². The fourth-order valence-electron chi connectivity index (χ4n) is 2.95. The van der Waals surface area contributed by atoms with Gasteiger partial charge in [-0.05, 0) is 37.7 Å². The molecule has 0 aliphatic carbocycles. The topological polar surface area (TPSA) is 62.5 Å². The summed E-state index contributed by atoms with van der Waals surface area (Å²) in [5.41, 5.74) is 0.923. The number of aryl methyl sites for hydroxylation is 1. The fourth-order valence-corrected chi connectivity index (χ4v) is 3.34. The van der Waals surface area contributed by atoms with E-state index >= 15 is 0 Å². The Morgan fingerprint density at radius 2 is 1.96 bits per heavy atom. The first kappa shape index (κ1) is 22.6. The van der Waals surface area contributed by atoms with Crippen molar-refractivity contribution >= 4 is 27.5 Å². The van der Waals surface area contributed by atoms with Crippen LogP contribution in [0.3, 0.4) is 0 Å². The number of hydrogen-bond acceptors (Lipinski definition) is 5. The van der Waals surface area contributed by atoms with Crippen LogP contribution < -0.4 is 4.90 Å². The third-order valence-electron chi connectivity index (χ3n) is 4.74. The Labute approximate surface area is 176 Å². The van der Waals surface area contributed by atoms with Crippen molar-refractivity contribution < 1.29 is 9.32 Å². The maximum Gasteiger partial charge on any atom is 0.227 e. The number of likely N-dealkylation sites (N-methyl/N-ethyl adjacent to an activating group) is 1. The third-order valence-corrected chi connectivity index (χ3v) is 5.23. The van der Waals surface area contributed by atoms with Gasteiger partial charge in [-0.1, -0.05) is 54.8 Å². The minimum absolute atomic E-state index is 0.119. The minimum atomic E-state index is 0.119. The summed E-state index contributed by atoms with van der Waals surface area (Å²) in [4.78, 5) is 21.6. The molecule has 154 valence electrons. The maximum atomic E-state index is 13.0. The Morgan fingerprint density at radius 3 is 2.57 bits per heavy atom. The minimum Gasteiger partial charge on any atom is -0.339 e. The van der Waals surface area contributed by atoms with E-state index < -0.39 is 0 Å². The Hall–Kier alpha value is -1.73. The van der Waals surface area contributed by atoms with Gasteiger partial charge < -0.3 is 14.3 Å². The SMILES string of the molecule is CCN(CC)CCN(C(=O)CCCc1nc(C(C)C)no1)c1cccc(Br)c1. The van der Waals surface area contributed by atoms with Gasteiger partial charge in [-0.15, -0.1) is 0 Å². The molecular formula is C21H31BrN4O2. The van der Waals surface area contributed by atoms with Crippen molar-refractivity contribution in [3.63, 3.8) is 0 Å². The Balaban J connectivity index is 1.99. The lowest BCUT2D eigenvalue weighted by atomic mass is 10.2. The van der Waals surface area contributed by atoms with E-state index in [0.717, 1.165) is 35.6 Å². The van der Waals surface area contributed by atoms with Gasteiger partial charge in [0.15, 0.2) is 5.82 Å². The highest BCUT2D eigenvalue weighted by molar-refractivity contribution is 9.10. The van der Waals surface area contributed by atoms with Crippen LogP contribution in [-0.2, 0) is 11.2 Å². The molecule has 1 aromatic carbocycles. The van der Waals surface area contributed by atoms with Crippen molar-refractivity contribution in [2.24, 2.45) is 0 Å². The van der Waals surface area contributed by atoms with Crippen LogP contribution >= 0.6 is 15.9 Å². The predicted molar refractivity (Wildman–Crippen MR) is 116 cm³/mol. The number of nitrogens with zero attached hydrogens (tertiary/aromatic N) is 4. The Kier molecular flexibility index (Phi) is 9.12. The molecule has 6 nitrogen and oxygen atoms in total. The second-order valence-electron chi connectivity index (χ2n) is 7.11. The normalized spacial score (nSPS) is 11.4. The summed E-state index contributed by atoms with van der Waals surface area (Å²) in [7, 11) is 0. The first-order chi connectivity index (χ1) is 13.4. The van der Waals surface area contributed by atoms with E-state index in [4.69, 9.17) is 4.52 Å². The average Bonchev–Trinajstić information content (AvgIpc) is 3.14. The molecular weight excluding hydrogens is 420 g/mol. The second-order valence-corrected chi connectivity index (χ2v) is 8.02. The van der Waals surface area contributed by atoms with Crippen LogP contribution in [0.15, 0.2) is 33.3 Å². The zero-order chi connectivity index (χ0) is 20.5. The van der Waals surface area contributed by atoms with Crippen molar-refractivity contribution in [2.45, 2.75) is 52.9 Å². The lowest BCUT2D eigenvalue weighted by Gasteiger charge is -2.27. The van der Waals surface area contributed by atoms with Gasteiger partial charge in [0.2, 0.25) is 11.8 Å². The Bertz CT molecular complexity index is 744. The van der Waals surface area contributed by atoms with Gasteiger partial charge in [-0.25, -0.2) is 0 Å². The van der Waals surface area contributed by atoms with Gasteiger partial charge in [0.05, 0.1) is 0 Å². The number of hydrogen-bond donors (Lipinski definition) is 0. The van der Waals surface area contributed by atoms with Crippen molar-refractivity contribution in [2.75, 3.05) is 31.1 Å². The summed E-state index contributed by atoms with van der Waals surface area (Å²) >= 11 is 3.51. The highest BCUT2D eigenvalue weighted by atomic mass is 79.9. The number of benzene rings is 1. The van der Waals surface area contributed by atoms with E-state index in [1.807, 2.05) is 43.0 Å².